The van der Waals surface area contributed by atoms with E-state index in [1.165, 1.54) is 32.1 Å². The van der Waals surface area contributed by atoms with Crippen LogP contribution in [0, 0.1) is 40.4 Å². The molecule has 5 heteroatoms. The number of esters is 1. The highest BCUT2D eigenvalue weighted by Crippen LogP contribution is 2.70. The number of fused-ring (bicyclic) bond motifs is 5. The molecule has 4 nitrogen and oxygen atoms in total. The highest BCUT2D eigenvalue weighted by Gasteiger charge is 2.68. The second-order valence-electron chi connectivity index (χ2n) is 14.9. The fourth-order valence-electron chi connectivity index (χ4n) is 9.47. The van der Waals surface area contributed by atoms with Gasteiger partial charge in [-0.05, 0) is 110 Å². The number of ether oxygens (including phenoxy) is 1. The lowest BCUT2D eigenvalue weighted by molar-refractivity contribution is -0.212. The summed E-state index contributed by atoms with van der Waals surface area (Å²) in [7, 11) is -1.75. The van der Waals surface area contributed by atoms with Gasteiger partial charge in [0.1, 0.15) is 0 Å². The molecule has 4 saturated carbocycles. The third-order valence-electron chi connectivity index (χ3n) is 12.6. The Morgan fingerprint density at radius 1 is 0.971 bits per heavy atom. The molecule has 1 unspecified atom stereocenters. The van der Waals surface area contributed by atoms with Gasteiger partial charge in [0, 0.05) is 12.0 Å². The first kappa shape index (κ1) is 25.3. The topological polar surface area (TPSA) is 55.8 Å². The van der Waals surface area contributed by atoms with Gasteiger partial charge >= 0.3 is 5.97 Å². The smallest absolute Gasteiger partial charge is 0.306 e. The molecule has 0 bridgehead atoms. The molecule has 0 aromatic heterocycles. The molecule has 1 heterocycles. The summed E-state index contributed by atoms with van der Waals surface area (Å²) in [6.07, 6.45) is 11.3. The first-order valence-corrected chi connectivity index (χ1v) is 17.2. The lowest BCUT2D eigenvalue weighted by Crippen LogP contribution is -2.62. The highest BCUT2D eigenvalue weighted by atomic mass is 28.4. The van der Waals surface area contributed by atoms with Gasteiger partial charge in [-0.2, -0.15) is 0 Å². The average molecular weight is 491 g/mol. The fourth-order valence-corrected chi connectivity index (χ4v) is 10.9. The summed E-state index contributed by atoms with van der Waals surface area (Å²) in [6.45, 7) is 17.3. The third kappa shape index (κ3) is 3.61. The van der Waals surface area contributed by atoms with Crippen LogP contribution in [0.1, 0.15) is 98.8 Å². The Bertz CT molecular complexity index is 819. The molecule has 34 heavy (non-hydrogen) atoms. The van der Waals surface area contributed by atoms with Crippen LogP contribution in [0.2, 0.25) is 18.1 Å². The van der Waals surface area contributed by atoms with E-state index in [-0.39, 0.29) is 16.4 Å². The predicted octanol–water partition coefficient (Wildman–Crippen LogP) is 6.71. The minimum absolute atomic E-state index is 0.0394. The van der Waals surface area contributed by atoms with Crippen molar-refractivity contribution in [2.24, 2.45) is 40.4 Å². The molecule has 1 saturated heterocycles. The quantitative estimate of drug-likeness (QED) is 0.353. The molecule has 0 aromatic rings. The van der Waals surface area contributed by atoms with Gasteiger partial charge in [0.05, 0.1) is 18.6 Å². The number of aliphatic hydroxyl groups is 1. The maximum atomic E-state index is 12.4. The molecule has 0 aromatic carbocycles. The zero-order valence-corrected chi connectivity index (χ0v) is 23.9. The largest absolute Gasteiger partial charge is 0.465 e. The fraction of sp³-hybridized carbons (Fsp3) is 0.966. The van der Waals surface area contributed by atoms with Crippen molar-refractivity contribution >= 4 is 14.3 Å². The standard InChI is InChI=1S/C29H50O4Si/c1-26(2,3)34(6,7)33-21-10-13-27(4)20(17-21)8-9-24-23(27)11-14-28(5)22(12-15-29(24,28)31)19-16-25(30)32-18-19/h19-24,31H,8-18H2,1-7H3/t19?,20-,21+,22-,23+,24-,27+,28-,29+/m1/s1. The van der Waals surface area contributed by atoms with Crippen LogP contribution < -0.4 is 0 Å². The SMILES string of the molecule is CC(C)(C)[Si](C)(C)O[C@H]1CC[C@@]2(C)[C@H](CC[C@@H]3[C@@H]2CC[C@]2(C)[C@@H](C4COC(=O)C4)CC[C@]32O)C1. The monoisotopic (exact) mass is 490 g/mol. The van der Waals surface area contributed by atoms with E-state index in [1.807, 2.05) is 0 Å². The molecule has 5 rings (SSSR count). The van der Waals surface area contributed by atoms with Crippen molar-refractivity contribution in [2.75, 3.05) is 6.61 Å². The van der Waals surface area contributed by atoms with Crippen molar-refractivity contribution in [1.29, 1.82) is 0 Å². The third-order valence-corrected chi connectivity index (χ3v) is 17.1. The Morgan fingerprint density at radius 2 is 1.68 bits per heavy atom. The van der Waals surface area contributed by atoms with Crippen LogP contribution in [0.5, 0.6) is 0 Å². The summed E-state index contributed by atoms with van der Waals surface area (Å²) < 4.78 is 12.3. The number of carbonyl (C=O) groups excluding carboxylic acids is 1. The van der Waals surface area contributed by atoms with Crippen LogP contribution in [-0.4, -0.2) is 37.7 Å². The average Bonchev–Trinajstić information content (AvgIpc) is 3.27. The molecule has 0 spiro atoms. The zero-order chi connectivity index (χ0) is 24.7. The van der Waals surface area contributed by atoms with E-state index < -0.39 is 13.9 Å². The van der Waals surface area contributed by atoms with E-state index in [0.29, 0.717) is 48.2 Å². The molecule has 1 N–H and O–H groups in total. The molecular formula is C29H50O4Si. The Labute approximate surface area is 209 Å². The predicted molar refractivity (Wildman–Crippen MR) is 138 cm³/mol. The van der Waals surface area contributed by atoms with E-state index in [1.54, 1.807) is 0 Å². The lowest BCUT2D eigenvalue weighted by atomic mass is 9.43. The molecular weight excluding hydrogens is 440 g/mol. The molecule has 0 radical (unpaired) electrons. The lowest BCUT2D eigenvalue weighted by Gasteiger charge is -2.64. The van der Waals surface area contributed by atoms with E-state index >= 15 is 0 Å². The van der Waals surface area contributed by atoms with E-state index in [4.69, 9.17) is 9.16 Å². The normalized spacial score (nSPS) is 49.2. The van der Waals surface area contributed by atoms with Gasteiger partial charge in [0.25, 0.3) is 0 Å². The Morgan fingerprint density at radius 3 is 2.32 bits per heavy atom. The van der Waals surface area contributed by atoms with Crippen LogP contribution in [0.15, 0.2) is 0 Å². The van der Waals surface area contributed by atoms with E-state index in [0.717, 1.165) is 31.6 Å². The van der Waals surface area contributed by atoms with Gasteiger partial charge in [0.2, 0.25) is 0 Å². The Kier molecular flexibility index (Phi) is 5.98. The van der Waals surface area contributed by atoms with Gasteiger partial charge in [0.15, 0.2) is 8.32 Å². The minimum atomic E-state index is -1.75. The van der Waals surface area contributed by atoms with Crippen LogP contribution in [0.25, 0.3) is 0 Å². The Balaban J connectivity index is 1.33. The summed E-state index contributed by atoms with van der Waals surface area (Å²) in [5.41, 5.74) is -0.314. The number of carbonyl (C=O) groups is 1. The number of cyclic esters (lactones) is 1. The van der Waals surface area contributed by atoms with Crippen LogP contribution in [-0.2, 0) is 14.0 Å². The van der Waals surface area contributed by atoms with Gasteiger partial charge in [-0.1, -0.05) is 34.6 Å². The van der Waals surface area contributed by atoms with Crippen molar-refractivity contribution in [3.8, 4) is 0 Å². The summed E-state index contributed by atoms with van der Waals surface area (Å²) >= 11 is 0. The van der Waals surface area contributed by atoms with Crippen molar-refractivity contribution in [3.63, 3.8) is 0 Å². The molecule has 9 atom stereocenters. The maximum Gasteiger partial charge on any atom is 0.306 e. The molecule has 4 aliphatic carbocycles. The van der Waals surface area contributed by atoms with Crippen molar-refractivity contribution in [3.05, 3.63) is 0 Å². The number of rotatable bonds is 3. The summed E-state index contributed by atoms with van der Waals surface area (Å²) in [6, 6.07) is 0. The summed E-state index contributed by atoms with van der Waals surface area (Å²) in [4.78, 5) is 11.9. The van der Waals surface area contributed by atoms with Crippen LogP contribution in [0.3, 0.4) is 0 Å². The van der Waals surface area contributed by atoms with Crippen molar-refractivity contribution < 1.29 is 19.1 Å². The van der Waals surface area contributed by atoms with Gasteiger partial charge in [-0.25, -0.2) is 0 Å². The van der Waals surface area contributed by atoms with Crippen LogP contribution in [0.4, 0.5) is 0 Å². The van der Waals surface area contributed by atoms with E-state index in [9.17, 15) is 9.90 Å². The number of hydrogen-bond acceptors (Lipinski definition) is 4. The van der Waals surface area contributed by atoms with E-state index in [2.05, 4.69) is 47.7 Å². The first-order chi connectivity index (χ1) is 15.7. The minimum Gasteiger partial charge on any atom is -0.465 e. The first-order valence-electron chi connectivity index (χ1n) is 14.3. The van der Waals surface area contributed by atoms with Crippen molar-refractivity contribution in [1.82, 2.24) is 0 Å². The molecule has 1 aliphatic heterocycles. The van der Waals surface area contributed by atoms with Crippen LogP contribution >= 0.6 is 0 Å². The Hall–Kier alpha value is -0.393. The molecule has 5 aliphatic rings. The number of hydrogen-bond donors (Lipinski definition) is 1. The second kappa shape index (κ2) is 8.05. The van der Waals surface area contributed by atoms with Gasteiger partial charge in [-0.15, -0.1) is 0 Å². The molecule has 5 fully saturated rings. The molecule has 194 valence electrons. The summed E-state index contributed by atoms with van der Waals surface area (Å²) in [5, 5.41) is 12.7. The highest BCUT2D eigenvalue weighted by molar-refractivity contribution is 6.74. The van der Waals surface area contributed by atoms with Crippen molar-refractivity contribution in [2.45, 2.75) is 129 Å². The zero-order valence-electron chi connectivity index (χ0n) is 22.9. The maximum absolute atomic E-state index is 12.4. The second-order valence-corrected chi connectivity index (χ2v) is 19.7. The van der Waals surface area contributed by atoms with Gasteiger partial charge in [-0.3, -0.25) is 4.79 Å². The summed E-state index contributed by atoms with van der Waals surface area (Å²) in [5.74, 6) is 2.44. The van der Waals surface area contributed by atoms with Gasteiger partial charge < -0.3 is 14.3 Å². The molecule has 0 amide bonds.